The molecule has 0 amide bonds. The summed E-state index contributed by atoms with van der Waals surface area (Å²) in [5.41, 5.74) is 7.22. The Morgan fingerprint density at radius 3 is 2.35 bits per heavy atom. The molecule has 0 aliphatic carbocycles. The van der Waals surface area contributed by atoms with Crippen molar-refractivity contribution in [2.24, 2.45) is 0 Å². The molecule has 7 heteroatoms. The van der Waals surface area contributed by atoms with Crippen LogP contribution in [-0.4, -0.2) is 33.6 Å². The Labute approximate surface area is 199 Å². The maximum absolute atomic E-state index is 12.5. The fourth-order valence-corrected chi connectivity index (χ4v) is 5.49. The van der Waals surface area contributed by atoms with Crippen LogP contribution < -0.4 is 0 Å². The molecule has 174 valence electrons. The molecule has 0 bridgehead atoms. The summed E-state index contributed by atoms with van der Waals surface area (Å²) in [6.45, 7) is 10.0. The highest BCUT2D eigenvalue weighted by atomic mass is 32.2. The molecule has 34 heavy (non-hydrogen) atoms. The number of benzene rings is 2. The van der Waals surface area contributed by atoms with Crippen LogP contribution in [0.25, 0.3) is 44.6 Å². The monoisotopic (exact) mass is 472 g/mol. The van der Waals surface area contributed by atoms with Crippen LogP contribution in [0.3, 0.4) is 0 Å². The van der Waals surface area contributed by atoms with Crippen LogP contribution >= 0.6 is 0 Å². The van der Waals surface area contributed by atoms with Crippen molar-refractivity contribution in [1.29, 1.82) is 0 Å². The zero-order valence-corrected chi connectivity index (χ0v) is 20.8. The van der Waals surface area contributed by atoms with Crippen molar-refractivity contribution in [1.82, 2.24) is 19.9 Å². The number of aromatic nitrogens is 4. The predicted octanol–water partition coefficient (Wildman–Crippen LogP) is 6.25. The molecule has 0 radical (unpaired) electrons. The topological polar surface area (TPSA) is 91.5 Å². The van der Waals surface area contributed by atoms with E-state index in [9.17, 15) is 8.42 Å². The van der Waals surface area contributed by atoms with Crippen LogP contribution in [0.15, 0.2) is 65.8 Å². The lowest BCUT2D eigenvalue weighted by molar-refractivity contribution is 0.587. The van der Waals surface area contributed by atoms with Gasteiger partial charge in [-0.1, -0.05) is 51.1 Å². The summed E-state index contributed by atoms with van der Waals surface area (Å²) in [5.74, 6) is 0. The quantitative estimate of drug-likeness (QED) is 0.323. The van der Waals surface area contributed by atoms with Crippen LogP contribution in [0.1, 0.15) is 40.2 Å². The Bertz CT molecular complexity index is 1620. The highest BCUT2D eigenvalue weighted by Gasteiger charge is 2.26. The third kappa shape index (κ3) is 3.60. The molecule has 5 rings (SSSR count). The minimum absolute atomic E-state index is 0.0820. The van der Waals surface area contributed by atoms with Crippen molar-refractivity contribution in [2.45, 2.75) is 50.2 Å². The van der Waals surface area contributed by atoms with Crippen LogP contribution in [-0.2, 0) is 15.3 Å². The number of sulfone groups is 1. The zero-order valence-electron chi connectivity index (χ0n) is 20.0. The van der Waals surface area contributed by atoms with Crippen molar-refractivity contribution in [3.05, 3.63) is 66.5 Å². The molecule has 3 heterocycles. The first kappa shape index (κ1) is 22.3. The van der Waals surface area contributed by atoms with Crippen LogP contribution in [0.4, 0.5) is 0 Å². The van der Waals surface area contributed by atoms with Crippen LogP contribution in [0.2, 0.25) is 0 Å². The van der Waals surface area contributed by atoms with Gasteiger partial charge in [-0.25, -0.2) is 18.4 Å². The van der Waals surface area contributed by atoms with E-state index in [-0.39, 0.29) is 5.41 Å². The third-order valence-electron chi connectivity index (χ3n) is 6.21. The van der Waals surface area contributed by atoms with E-state index in [4.69, 9.17) is 4.98 Å². The van der Waals surface area contributed by atoms with E-state index in [1.807, 2.05) is 12.3 Å². The SMILES string of the molecule is CC(C)S(=O)(=O)c1ccc(-c2cnc3[nH]cc(-c4[nH]c5ccccc5c4C(C)(C)C)c3n2)cc1. The first-order valence-electron chi connectivity index (χ1n) is 11.4. The molecule has 2 N–H and O–H groups in total. The molecule has 0 unspecified atom stereocenters. The van der Waals surface area contributed by atoms with Crippen LogP contribution in [0.5, 0.6) is 0 Å². The summed E-state index contributed by atoms with van der Waals surface area (Å²) < 4.78 is 24.9. The van der Waals surface area contributed by atoms with Gasteiger partial charge in [0.05, 0.1) is 27.7 Å². The van der Waals surface area contributed by atoms with Crippen molar-refractivity contribution in [2.75, 3.05) is 0 Å². The standard InChI is InChI=1S/C27H28N4O2S/c1-16(2)34(32,33)18-12-10-17(11-13-18)22-15-29-26-25(31-22)20(14-28-26)24-23(27(3,4)5)19-8-6-7-9-21(19)30-24/h6-16,30H,1-5H3,(H,28,29). The highest BCUT2D eigenvalue weighted by molar-refractivity contribution is 7.92. The van der Waals surface area contributed by atoms with Gasteiger partial charge in [0.1, 0.15) is 5.52 Å². The minimum atomic E-state index is -3.32. The molecular weight excluding hydrogens is 444 g/mol. The fourth-order valence-electron chi connectivity index (χ4n) is 4.43. The lowest BCUT2D eigenvalue weighted by atomic mass is 9.83. The highest BCUT2D eigenvalue weighted by Crippen LogP contribution is 2.40. The number of rotatable bonds is 4. The molecule has 3 aromatic heterocycles. The molecule has 5 aromatic rings. The molecule has 0 aliphatic heterocycles. The molecule has 0 atom stereocenters. The van der Waals surface area contributed by atoms with E-state index in [0.29, 0.717) is 16.2 Å². The Morgan fingerprint density at radius 2 is 1.68 bits per heavy atom. The molecule has 0 spiro atoms. The number of H-pyrrole nitrogens is 2. The number of hydrogen-bond donors (Lipinski definition) is 2. The van der Waals surface area contributed by atoms with Crippen molar-refractivity contribution < 1.29 is 8.42 Å². The van der Waals surface area contributed by atoms with Gasteiger partial charge in [-0.2, -0.15) is 0 Å². The summed E-state index contributed by atoms with van der Waals surface area (Å²) in [7, 11) is -3.32. The number of nitrogens with zero attached hydrogens (tertiary/aromatic N) is 2. The molecule has 6 nitrogen and oxygen atoms in total. The fraction of sp³-hybridized carbons (Fsp3) is 0.259. The van der Waals surface area contributed by atoms with Crippen molar-refractivity contribution in [3.8, 4) is 22.5 Å². The Hall–Kier alpha value is -3.45. The number of fused-ring (bicyclic) bond motifs is 2. The number of nitrogens with one attached hydrogen (secondary N) is 2. The van der Waals surface area contributed by atoms with Gasteiger partial charge >= 0.3 is 0 Å². The summed E-state index contributed by atoms with van der Waals surface area (Å²) in [6.07, 6.45) is 3.66. The van der Waals surface area contributed by atoms with E-state index in [1.165, 1.54) is 10.9 Å². The van der Waals surface area contributed by atoms with Crippen LogP contribution in [0, 0.1) is 0 Å². The average molecular weight is 473 g/mol. The van der Waals surface area contributed by atoms with Gasteiger partial charge in [-0.3, -0.25) is 0 Å². The second kappa shape index (κ2) is 7.81. The average Bonchev–Trinajstić information content (AvgIpc) is 3.39. The summed E-state index contributed by atoms with van der Waals surface area (Å²) >= 11 is 0. The Kier molecular flexibility index (Phi) is 5.13. The van der Waals surface area contributed by atoms with Gasteiger partial charge in [0.25, 0.3) is 0 Å². The van der Waals surface area contributed by atoms with Gasteiger partial charge in [0.2, 0.25) is 0 Å². The summed E-state index contributed by atoms with van der Waals surface area (Å²) in [6, 6.07) is 15.2. The molecule has 0 saturated carbocycles. The Balaban J connectivity index is 1.65. The van der Waals surface area contributed by atoms with Gasteiger partial charge in [0.15, 0.2) is 15.5 Å². The third-order valence-corrected chi connectivity index (χ3v) is 8.38. The zero-order chi connectivity index (χ0) is 24.3. The van der Waals surface area contributed by atoms with Gasteiger partial charge in [0, 0.05) is 28.2 Å². The molecule has 2 aromatic carbocycles. The lowest BCUT2D eigenvalue weighted by Crippen LogP contribution is -2.13. The normalized spacial score (nSPS) is 12.8. The first-order valence-corrected chi connectivity index (χ1v) is 12.9. The molecular formula is C27H28N4O2S. The van der Waals surface area contributed by atoms with E-state index in [2.05, 4.69) is 53.9 Å². The number of aromatic amines is 2. The van der Waals surface area contributed by atoms with E-state index in [1.54, 1.807) is 44.3 Å². The van der Waals surface area contributed by atoms with Gasteiger partial charge in [-0.05, 0) is 43.0 Å². The van der Waals surface area contributed by atoms with Crippen molar-refractivity contribution in [3.63, 3.8) is 0 Å². The second-order valence-corrected chi connectivity index (χ2v) is 12.4. The molecule has 0 aliphatic rings. The van der Waals surface area contributed by atoms with E-state index < -0.39 is 15.1 Å². The maximum Gasteiger partial charge on any atom is 0.180 e. The largest absolute Gasteiger partial charge is 0.354 e. The summed E-state index contributed by atoms with van der Waals surface area (Å²) in [5, 5.41) is 0.732. The second-order valence-electron chi connectivity index (χ2n) is 9.94. The van der Waals surface area contributed by atoms with Gasteiger partial charge in [-0.15, -0.1) is 0 Å². The molecule has 0 saturated heterocycles. The Morgan fingerprint density at radius 1 is 0.971 bits per heavy atom. The lowest BCUT2D eigenvalue weighted by Gasteiger charge is -2.20. The molecule has 0 fully saturated rings. The maximum atomic E-state index is 12.5. The van der Waals surface area contributed by atoms with Crippen molar-refractivity contribution >= 4 is 31.9 Å². The number of para-hydroxylation sites is 1. The predicted molar refractivity (Wildman–Crippen MR) is 138 cm³/mol. The minimum Gasteiger partial charge on any atom is -0.354 e. The first-order chi connectivity index (χ1) is 16.1. The summed E-state index contributed by atoms with van der Waals surface area (Å²) in [4.78, 5) is 16.7. The smallest absolute Gasteiger partial charge is 0.180 e. The van der Waals surface area contributed by atoms with Gasteiger partial charge < -0.3 is 9.97 Å². The number of hydrogen-bond acceptors (Lipinski definition) is 4. The van der Waals surface area contributed by atoms with E-state index >= 15 is 0 Å². The van der Waals surface area contributed by atoms with E-state index in [0.717, 1.165) is 27.9 Å².